The molecule has 1 aliphatic rings. The number of nitrogen functional groups attached to an aromatic ring is 1. The molecule has 0 saturated heterocycles. The maximum absolute atomic E-state index is 12.2. The summed E-state index contributed by atoms with van der Waals surface area (Å²) in [6.07, 6.45) is 8.28. The van der Waals surface area contributed by atoms with E-state index in [1.165, 1.54) is 12.8 Å². The topological polar surface area (TPSA) is 46.3 Å². The van der Waals surface area contributed by atoms with Gasteiger partial charge in [-0.15, -0.1) is 0 Å². The van der Waals surface area contributed by atoms with Crippen molar-refractivity contribution in [1.29, 1.82) is 0 Å². The molecule has 0 heterocycles. The van der Waals surface area contributed by atoms with E-state index in [0.29, 0.717) is 6.04 Å². The highest BCUT2D eigenvalue weighted by molar-refractivity contribution is 5.92. The molecule has 0 atom stereocenters. The Morgan fingerprint density at radius 2 is 2.16 bits per heavy atom. The molecule has 0 radical (unpaired) electrons. The summed E-state index contributed by atoms with van der Waals surface area (Å²) in [6.45, 7) is 2.83. The highest BCUT2D eigenvalue weighted by Gasteiger charge is 2.23. The minimum absolute atomic E-state index is 0.108. The maximum Gasteiger partial charge on any atom is 0.246 e. The van der Waals surface area contributed by atoms with Crippen LogP contribution in [0.1, 0.15) is 38.2 Å². The van der Waals surface area contributed by atoms with Crippen LogP contribution in [0.2, 0.25) is 0 Å². The van der Waals surface area contributed by atoms with Crippen LogP contribution in [0.3, 0.4) is 0 Å². The van der Waals surface area contributed by atoms with Gasteiger partial charge in [-0.05, 0) is 43.5 Å². The molecule has 1 aliphatic carbocycles. The quantitative estimate of drug-likeness (QED) is 0.666. The van der Waals surface area contributed by atoms with Crippen molar-refractivity contribution in [2.45, 2.75) is 38.6 Å². The number of hydrogen-bond donors (Lipinski definition) is 1. The van der Waals surface area contributed by atoms with Gasteiger partial charge in [-0.1, -0.05) is 25.0 Å². The second-order valence-corrected chi connectivity index (χ2v) is 5.07. The van der Waals surface area contributed by atoms with Crippen molar-refractivity contribution in [3.8, 4) is 0 Å². The van der Waals surface area contributed by atoms with E-state index < -0.39 is 0 Å². The predicted molar refractivity (Wildman–Crippen MR) is 79.5 cm³/mol. The Bertz CT molecular complexity index is 462. The number of nitrogens with zero attached hydrogens (tertiary/aromatic N) is 1. The van der Waals surface area contributed by atoms with Crippen molar-refractivity contribution < 1.29 is 4.79 Å². The van der Waals surface area contributed by atoms with Gasteiger partial charge in [0.05, 0.1) is 0 Å². The van der Waals surface area contributed by atoms with Crippen molar-refractivity contribution in [3.63, 3.8) is 0 Å². The number of carbonyl (C=O) groups is 1. The Kier molecular flexibility index (Phi) is 4.61. The lowest BCUT2D eigenvalue weighted by atomic mass is 10.1. The zero-order valence-electron chi connectivity index (χ0n) is 11.5. The summed E-state index contributed by atoms with van der Waals surface area (Å²) in [5.74, 6) is 0.108. The zero-order valence-corrected chi connectivity index (χ0v) is 11.5. The van der Waals surface area contributed by atoms with E-state index in [0.717, 1.165) is 30.6 Å². The fraction of sp³-hybridized carbons (Fsp3) is 0.438. The first-order valence-corrected chi connectivity index (χ1v) is 7.05. The van der Waals surface area contributed by atoms with Crippen LogP contribution in [0.5, 0.6) is 0 Å². The normalized spacial score (nSPS) is 16.1. The molecule has 1 saturated carbocycles. The molecule has 0 spiro atoms. The van der Waals surface area contributed by atoms with Crippen LogP contribution in [0.4, 0.5) is 5.69 Å². The van der Waals surface area contributed by atoms with Crippen molar-refractivity contribution in [2.75, 3.05) is 12.3 Å². The summed E-state index contributed by atoms with van der Waals surface area (Å²) in [7, 11) is 0. The molecule has 0 bridgehead atoms. The minimum atomic E-state index is 0.108. The Morgan fingerprint density at radius 3 is 2.79 bits per heavy atom. The van der Waals surface area contributed by atoms with Crippen LogP contribution < -0.4 is 5.73 Å². The minimum Gasteiger partial charge on any atom is -0.399 e. The number of hydrogen-bond acceptors (Lipinski definition) is 2. The van der Waals surface area contributed by atoms with Crippen LogP contribution in [-0.4, -0.2) is 23.4 Å². The highest BCUT2D eigenvalue weighted by Crippen LogP contribution is 2.23. The van der Waals surface area contributed by atoms with E-state index in [9.17, 15) is 4.79 Å². The van der Waals surface area contributed by atoms with Crippen LogP contribution in [-0.2, 0) is 4.79 Å². The van der Waals surface area contributed by atoms with Gasteiger partial charge in [0.1, 0.15) is 0 Å². The third kappa shape index (κ3) is 3.60. The molecule has 2 rings (SSSR count). The first-order chi connectivity index (χ1) is 9.20. The molecule has 1 fully saturated rings. The SMILES string of the molecule is CCN(C(=O)/C=C/c1cccc(N)c1)C1CCCC1. The van der Waals surface area contributed by atoms with Crippen LogP contribution in [0.15, 0.2) is 30.3 Å². The number of likely N-dealkylation sites (N-methyl/N-ethyl adjacent to an activating group) is 1. The molecule has 3 heteroatoms. The molecule has 102 valence electrons. The Labute approximate surface area is 115 Å². The Hall–Kier alpha value is -1.77. The van der Waals surface area contributed by atoms with Crippen molar-refractivity contribution in [1.82, 2.24) is 4.90 Å². The Balaban J connectivity index is 2.02. The molecular formula is C16H22N2O. The first kappa shape index (κ1) is 13.7. The number of amides is 1. The van der Waals surface area contributed by atoms with Gasteiger partial charge >= 0.3 is 0 Å². The lowest BCUT2D eigenvalue weighted by Gasteiger charge is -2.26. The molecule has 1 amide bonds. The molecule has 1 aromatic carbocycles. The molecular weight excluding hydrogens is 236 g/mol. The average molecular weight is 258 g/mol. The van der Waals surface area contributed by atoms with E-state index in [1.807, 2.05) is 42.2 Å². The third-order valence-corrected chi connectivity index (χ3v) is 3.72. The molecule has 19 heavy (non-hydrogen) atoms. The lowest BCUT2D eigenvalue weighted by molar-refractivity contribution is -0.127. The molecule has 0 aliphatic heterocycles. The van der Waals surface area contributed by atoms with E-state index in [1.54, 1.807) is 6.08 Å². The number of benzene rings is 1. The van der Waals surface area contributed by atoms with E-state index in [2.05, 4.69) is 0 Å². The third-order valence-electron chi connectivity index (χ3n) is 3.72. The molecule has 0 aromatic heterocycles. The van der Waals surface area contributed by atoms with Crippen molar-refractivity contribution >= 4 is 17.7 Å². The fourth-order valence-electron chi connectivity index (χ4n) is 2.74. The number of rotatable bonds is 4. The van der Waals surface area contributed by atoms with Gasteiger partial charge in [-0.2, -0.15) is 0 Å². The summed E-state index contributed by atoms with van der Waals surface area (Å²) in [4.78, 5) is 14.2. The summed E-state index contributed by atoms with van der Waals surface area (Å²) in [5, 5.41) is 0. The van der Waals surface area contributed by atoms with Gasteiger partial charge in [0.25, 0.3) is 0 Å². The second-order valence-electron chi connectivity index (χ2n) is 5.07. The van der Waals surface area contributed by atoms with Gasteiger partial charge in [0, 0.05) is 24.4 Å². The highest BCUT2D eigenvalue weighted by atomic mass is 16.2. The predicted octanol–water partition coefficient (Wildman–Crippen LogP) is 3.07. The Morgan fingerprint density at radius 1 is 1.42 bits per heavy atom. The number of nitrogens with two attached hydrogens (primary N) is 1. The number of carbonyl (C=O) groups excluding carboxylic acids is 1. The van der Waals surface area contributed by atoms with Crippen molar-refractivity contribution in [2.24, 2.45) is 0 Å². The molecule has 0 unspecified atom stereocenters. The van der Waals surface area contributed by atoms with E-state index in [-0.39, 0.29) is 5.91 Å². The van der Waals surface area contributed by atoms with Gasteiger partial charge in [-0.3, -0.25) is 4.79 Å². The summed E-state index contributed by atoms with van der Waals surface area (Å²) >= 11 is 0. The van der Waals surface area contributed by atoms with Gasteiger partial charge in [0.15, 0.2) is 0 Å². The lowest BCUT2D eigenvalue weighted by Crippen LogP contribution is -2.37. The van der Waals surface area contributed by atoms with Crippen LogP contribution >= 0.6 is 0 Å². The van der Waals surface area contributed by atoms with E-state index >= 15 is 0 Å². The molecule has 3 nitrogen and oxygen atoms in total. The standard InChI is InChI=1S/C16H22N2O/c1-2-18(15-8-3-4-9-15)16(19)11-10-13-6-5-7-14(17)12-13/h5-7,10-12,15H,2-4,8-9,17H2,1H3/b11-10+. The zero-order chi connectivity index (χ0) is 13.7. The van der Waals surface area contributed by atoms with Crippen LogP contribution in [0.25, 0.3) is 6.08 Å². The molecule has 2 N–H and O–H groups in total. The second kappa shape index (κ2) is 6.41. The van der Waals surface area contributed by atoms with Gasteiger partial charge in [-0.25, -0.2) is 0 Å². The van der Waals surface area contributed by atoms with Gasteiger partial charge < -0.3 is 10.6 Å². The first-order valence-electron chi connectivity index (χ1n) is 7.05. The van der Waals surface area contributed by atoms with Crippen LogP contribution in [0, 0.1) is 0 Å². The fourth-order valence-corrected chi connectivity index (χ4v) is 2.74. The summed E-state index contributed by atoms with van der Waals surface area (Å²) < 4.78 is 0. The van der Waals surface area contributed by atoms with E-state index in [4.69, 9.17) is 5.73 Å². The summed E-state index contributed by atoms with van der Waals surface area (Å²) in [6, 6.07) is 7.99. The van der Waals surface area contributed by atoms with Crippen molar-refractivity contribution in [3.05, 3.63) is 35.9 Å². The maximum atomic E-state index is 12.2. The molecule has 1 aromatic rings. The number of anilines is 1. The average Bonchev–Trinajstić information content (AvgIpc) is 2.91. The largest absolute Gasteiger partial charge is 0.399 e. The van der Waals surface area contributed by atoms with Gasteiger partial charge in [0.2, 0.25) is 5.91 Å². The monoisotopic (exact) mass is 258 g/mol. The smallest absolute Gasteiger partial charge is 0.246 e. The summed E-state index contributed by atoms with van der Waals surface area (Å²) in [5.41, 5.74) is 7.41.